The van der Waals surface area contributed by atoms with Crippen LogP contribution < -0.4 is 0 Å². The molecule has 3 aromatic rings. The zero-order valence-corrected chi connectivity index (χ0v) is 17.1. The number of hydrogen-bond acceptors (Lipinski definition) is 5. The molecule has 1 saturated heterocycles. The molecule has 9 heteroatoms. The monoisotopic (exact) mass is 424 g/mol. The summed E-state index contributed by atoms with van der Waals surface area (Å²) in [6.07, 6.45) is -0.225. The van der Waals surface area contributed by atoms with E-state index < -0.39 is 4.92 Å². The van der Waals surface area contributed by atoms with E-state index in [1.165, 1.54) is 28.9 Å². The minimum Gasteiger partial charge on any atom is -0.372 e. The summed E-state index contributed by atoms with van der Waals surface area (Å²) in [5.41, 5.74) is 1.64. The van der Waals surface area contributed by atoms with Gasteiger partial charge in [-0.1, -0.05) is 6.07 Å². The predicted octanol–water partition coefficient (Wildman–Crippen LogP) is 3.84. The second-order valence-electron chi connectivity index (χ2n) is 7.58. The normalized spacial score (nSPS) is 18.7. The zero-order valence-electron chi connectivity index (χ0n) is 17.1. The number of aromatic nitrogens is 2. The van der Waals surface area contributed by atoms with Gasteiger partial charge in [-0.25, -0.2) is 9.07 Å². The Morgan fingerprint density at radius 1 is 1.13 bits per heavy atom. The number of non-ortho nitro benzene ring substituents is 1. The van der Waals surface area contributed by atoms with Crippen LogP contribution in [-0.2, 0) is 4.74 Å². The quantitative estimate of drug-likeness (QED) is 0.469. The molecular formula is C22H21FN4O4. The van der Waals surface area contributed by atoms with Crippen LogP contribution in [0.15, 0.2) is 54.6 Å². The van der Waals surface area contributed by atoms with Crippen molar-refractivity contribution in [2.24, 2.45) is 0 Å². The minimum atomic E-state index is -0.499. The smallest absolute Gasteiger partial charge is 0.272 e. The first kappa shape index (κ1) is 20.7. The van der Waals surface area contributed by atoms with E-state index >= 15 is 0 Å². The van der Waals surface area contributed by atoms with Crippen molar-refractivity contribution in [3.63, 3.8) is 0 Å². The summed E-state index contributed by atoms with van der Waals surface area (Å²) in [7, 11) is 0. The molecule has 1 fully saturated rings. The number of halogens is 1. The number of benzene rings is 2. The van der Waals surface area contributed by atoms with E-state index in [2.05, 4.69) is 5.10 Å². The standard InChI is InChI=1S/C22H21FN4O4/c1-14-12-25(13-15(2)31-14)22(28)21-11-20(16-6-8-17(23)9-7-16)24-26(21)18-4-3-5-19(10-18)27(29)30/h3-11,14-15H,12-13H2,1-2H3. The molecule has 2 atom stereocenters. The number of nitrogens with zero attached hydrogens (tertiary/aromatic N) is 4. The summed E-state index contributed by atoms with van der Waals surface area (Å²) >= 11 is 0. The minimum absolute atomic E-state index is 0.108. The van der Waals surface area contributed by atoms with Crippen molar-refractivity contribution in [3.8, 4) is 16.9 Å². The van der Waals surface area contributed by atoms with E-state index in [-0.39, 0.29) is 35.3 Å². The fourth-order valence-corrected chi connectivity index (χ4v) is 3.74. The van der Waals surface area contributed by atoms with Crippen molar-refractivity contribution in [2.75, 3.05) is 13.1 Å². The van der Waals surface area contributed by atoms with Crippen molar-refractivity contribution < 1.29 is 18.8 Å². The predicted molar refractivity (Wildman–Crippen MR) is 112 cm³/mol. The lowest BCUT2D eigenvalue weighted by Gasteiger charge is -2.35. The number of rotatable bonds is 4. The van der Waals surface area contributed by atoms with Crippen molar-refractivity contribution in [1.82, 2.24) is 14.7 Å². The van der Waals surface area contributed by atoms with Crippen molar-refractivity contribution in [2.45, 2.75) is 26.1 Å². The number of carbonyl (C=O) groups is 1. The van der Waals surface area contributed by atoms with E-state index in [1.54, 1.807) is 35.2 Å². The van der Waals surface area contributed by atoms with E-state index in [0.29, 0.717) is 30.0 Å². The maximum Gasteiger partial charge on any atom is 0.272 e. The van der Waals surface area contributed by atoms with Crippen LogP contribution in [0.5, 0.6) is 0 Å². The number of hydrogen-bond donors (Lipinski definition) is 0. The molecule has 1 aliphatic heterocycles. The maximum atomic E-state index is 13.4. The highest BCUT2D eigenvalue weighted by atomic mass is 19.1. The van der Waals surface area contributed by atoms with Gasteiger partial charge < -0.3 is 9.64 Å². The summed E-state index contributed by atoms with van der Waals surface area (Å²) in [6, 6.07) is 13.3. The maximum absolute atomic E-state index is 13.4. The molecule has 0 radical (unpaired) electrons. The summed E-state index contributed by atoms with van der Waals surface area (Å²) < 4.78 is 20.5. The van der Waals surface area contributed by atoms with Crippen molar-refractivity contribution in [3.05, 3.63) is 76.2 Å². The molecule has 0 spiro atoms. The SMILES string of the molecule is CC1CN(C(=O)c2cc(-c3ccc(F)cc3)nn2-c2cccc([N+](=O)[O-])c2)CC(C)O1. The highest BCUT2D eigenvalue weighted by molar-refractivity contribution is 5.94. The topological polar surface area (TPSA) is 90.5 Å². The van der Waals surface area contributed by atoms with Crippen LogP contribution in [-0.4, -0.2) is 50.8 Å². The lowest BCUT2D eigenvalue weighted by molar-refractivity contribution is -0.384. The Balaban J connectivity index is 1.80. The van der Waals surface area contributed by atoms with Gasteiger partial charge in [0.1, 0.15) is 11.5 Å². The van der Waals surface area contributed by atoms with Gasteiger partial charge in [0.15, 0.2) is 0 Å². The van der Waals surface area contributed by atoms with Gasteiger partial charge in [0.25, 0.3) is 11.6 Å². The van der Waals surface area contributed by atoms with Crippen molar-refractivity contribution >= 4 is 11.6 Å². The molecule has 0 bridgehead atoms. The number of nitro benzene ring substituents is 1. The van der Waals surface area contributed by atoms with Gasteiger partial charge in [-0.3, -0.25) is 14.9 Å². The van der Waals surface area contributed by atoms with Gasteiger partial charge >= 0.3 is 0 Å². The second kappa shape index (κ2) is 8.27. The molecule has 1 amide bonds. The fourth-order valence-electron chi connectivity index (χ4n) is 3.74. The Hall–Kier alpha value is -3.59. The van der Waals surface area contributed by atoms with Gasteiger partial charge in [0.2, 0.25) is 0 Å². The molecule has 2 unspecified atom stereocenters. The zero-order chi connectivity index (χ0) is 22.1. The van der Waals surface area contributed by atoms with E-state index in [9.17, 15) is 19.3 Å². The second-order valence-corrected chi connectivity index (χ2v) is 7.58. The Morgan fingerprint density at radius 3 is 2.45 bits per heavy atom. The van der Waals surface area contributed by atoms with Gasteiger partial charge in [0.05, 0.1) is 28.5 Å². The Labute approximate surface area is 178 Å². The Kier molecular flexibility index (Phi) is 5.51. The van der Waals surface area contributed by atoms with E-state index in [0.717, 1.165) is 0 Å². The van der Waals surface area contributed by atoms with E-state index in [1.807, 2.05) is 13.8 Å². The molecule has 0 saturated carbocycles. The van der Waals surface area contributed by atoms with Crippen LogP contribution in [0.3, 0.4) is 0 Å². The summed E-state index contributed by atoms with van der Waals surface area (Å²) in [4.78, 5) is 25.8. The molecule has 0 N–H and O–H groups in total. The highest BCUT2D eigenvalue weighted by Crippen LogP contribution is 2.26. The lowest BCUT2D eigenvalue weighted by atomic mass is 10.1. The third kappa shape index (κ3) is 4.31. The molecule has 31 heavy (non-hydrogen) atoms. The van der Waals surface area contributed by atoms with Crippen LogP contribution in [0.25, 0.3) is 16.9 Å². The third-order valence-corrected chi connectivity index (χ3v) is 5.06. The molecular weight excluding hydrogens is 403 g/mol. The summed E-state index contributed by atoms with van der Waals surface area (Å²) in [6.45, 7) is 4.65. The highest BCUT2D eigenvalue weighted by Gasteiger charge is 2.29. The average molecular weight is 424 g/mol. The van der Waals surface area contributed by atoms with Crippen LogP contribution in [0, 0.1) is 15.9 Å². The molecule has 4 rings (SSSR count). The molecule has 160 valence electrons. The Bertz CT molecular complexity index is 1120. The number of carbonyl (C=O) groups excluding carboxylic acids is 1. The van der Waals surface area contributed by atoms with Gasteiger partial charge in [0, 0.05) is 30.8 Å². The lowest BCUT2D eigenvalue weighted by Crippen LogP contribution is -2.48. The average Bonchev–Trinajstić information content (AvgIpc) is 3.18. The molecule has 1 aromatic heterocycles. The van der Waals surface area contributed by atoms with Crippen LogP contribution in [0.4, 0.5) is 10.1 Å². The molecule has 1 aliphatic rings. The molecule has 2 aromatic carbocycles. The van der Waals surface area contributed by atoms with Crippen molar-refractivity contribution in [1.29, 1.82) is 0 Å². The summed E-state index contributed by atoms with van der Waals surface area (Å²) in [5.74, 6) is -0.635. The fraction of sp³-hybridized carbons (Fsp3) is 0.273. The first-order valence-electron chi connectivity index (χ1n) is 9.87. The molecule has 8 nitrogen and oxygen atoms in total. The van der Waals surface area contributed by atoms with Gasteiger partial charge in [-0.2, -0.15) is 5.10 Å². The van der Waals surface area contributed by atoms with Crippen LogP contribution in [0.1, 0.15) is 24.3 Å². The van der Waals surface area contributed by atoms with Crippen LogP contribution >= 0.6 is 0 Å². The Morgan fingerprint density at radius 2 is 1.81 bits per heavy atom. The summed E-state index contributed by atoms with van der Waals surface area (Å²) in [5, 5.41) is 15.8. The third-order valence-electron chi connectivity index (χ3n) is 5.06. The van der Waals surface area contributed by atoms with Gasteiger partial charge in [-0.05, 0) is 50.2 Å². The van der Waals surface area contributed by atoms with Crippen LogP contribution in [0.2, 0.25) is 0 Å². The van der Waals surface area contributed by atoms with E-state index in [4.69, 9.17) is 4.74 Å². The largest absolute Gasteiger partial charge is 0.372 e. The molecule has 2 heterocycles. The number of morpholine rings is 1. The number of amides is 1. The number of nitro groups is 1. The first-order chi connectivity index (χ1) is 14.8. The molecule has 0 aliphatic carbocycles. The first-order valence-corrected chi connectivity index (χ1v) is 9.87. The number of ether oxygens (including phenoxy) is 1. The van der Waals surface area contributed by atoms with Gasteiger partial charge in [-0.15, -0.1) is 0 Å².